The van der Waals surface area contributed by atoms with E-state index in [2.05, 4.69) is 17.1 Å². The van der Waals surface area contributed by atoms with Crippen LogP contribution in [0, 0.1) is 18.7 Å². The molecule has 4 rings (SSSR count). The smallest absolute Gasteiger partial charge is 0.341 e. The quantitative estimate of drug-likeness (QED) is 0.745. The van der Waals surface area contributed by atoms with Crippen LogP contribution in [0.2, 0.25) is 0 Å². The molecule has 1 saturated carbocycles. The van der Waals surface area contributed by atoms with E-state index in [0.717, 1.165) is 51.0 Å². The molecule has 2 aliphatic rings. The predicted octanol–water partition coefficient (Wildman–Crippen LogP) is 3.34. The van der Waals surface area contributed by atoms with Crippen LogP contribution in [0.5, 0.6) is 0 Å². The summed E-state index contributed by atoms with van der Waals surface area (Å²) < 4.78 is 17.0. The lowest BCUT2D eigenvalue weighted by Crippen LogP contribution is -2.27. The van der Waals surface area contributed by atoms with Crippen molar-refractivity contribution in [1.82, 2.24) is 9.88 Å². The number of benzene rings is 1. The number of aromatic carboxylic acids is 1. The van der Waals surface area contributed by atoms with Crippen LogP contribution in [0.1, 0.15) is 48.1 Å². The Hall–Kier alpha value is -2.12. The highest BCUT2D eigenvalue weighted by Gasteiger charge is 2.31. The second-order valence-electron chi connectivity index (χ2n) is 7.95. The Kier molecular flexibility index (Phi) is 6.19. The van der Waals surface area contributed by atoms with Crippen molar-refractivity contribution >= 4 is 35.0 Å². The van der Waals surface area contributed by atoms with E-state index in [0.29, 0.717) is 17.1 Å². The predicted molar refractivity (Wildman–Crippen MR) is 114 cm³/mol. The van der Waals surface area contributed by atoms with E-state index >= 15 is 4.39 Å². The number of fused-ring (bicyclic) bond motifs is 1. The van der Waals surface area contributed by atoms with Crippen molar-refractivity contribution in [2.24, 2.45) is 5.92 Å². The summed E-state index contributed by atoms with van der Waals surface area (Å²) in [5, 5.41) is 12.9. The molecule has 1 saturated heterocycles. The largest absolute Gasteiger partial charge is 0.477 e. The summed E-state index contributed by atoms with van der Waals surface area (Å²) in [6, 6.07) is 1.42. The van der Waals surface area contributed by atoms with E-state index in [1.54, 1.807) is 0 Å². The molecule has 2 heterocycles. The van der Waals surface area contributed by atoms with Gasteiger partial charge in [-0.15, -0.1) is 12.4 Å². The third kappa shape index (κ3) is 3.85. The van der Waals surface area contributed by atoms with E-state index in [1.165, 1.54) is 12.3 Å². The highest BCUT2D eigenvalue weighted by atomic mass is 35.5. The molecular weight excluding hydrogens is 397 g/mol. The monoisotopic (exact) mass is 423 g/mol. The van der Waals surface area contributed by atoms with E-state index in [4.69, 9.17) is 0 Å². The van der Waals surface area contributed by atoms with Crippen LogP contribution in [-0.4, -0.2) is 41.8 Å². The number of aromatic nitrogens is 1. The van der Waals surface area contributed by atoms with Gasteiger partial charge in [-0.2, -0.15) is 0 Å². The fourth-order valence-electron chi connectivity index (χ4n) is 4.40. The Morgan fingerprint density at radius 1 is 1.34 bits per heavy atom. The number of nitrogens with zero attached hydrogens (tertiary/aromatic N) is 2. The molecule has 1 atom stereocenters. The minimum Gasteiger partial charge on any atom is -0.477 e. The van der Waals surface area contributed by atoms with E-state index in [9.17, 15) is 14.7 Å². The van der Waals surface area contributed by atoms with Crippen LogP contribution in [-0.2, 0) is 0 Å². The van der Waals surface area contributed by atoms with E-state index < -0.39 is 17.2 Å². The summed E-state index contributed by atoms with van der Waals surface area (Å²) in [6.07, 6.45) is 4.32. The molecule has 1 unspecified atom stereocenters. The van der Waals surface area contributed by atoms with Gasteiger partial charge in [0, 0.05) is 30.7 Å². The van der Waals surface area contributed by atoms with Gasteiger partial charge >= 0.3 is 5.97 Å². The van der Waals surface area contributed by atoms with Gasteiger partial charge in [0.05, 0.1) is 11.2 Å². The molecule has 2 N–H and O–H groups in total. The molecule has 1 aliphatic heterocycles. The average Bonchev–Trinajstić information content (AvgIpc) is 3.39. The molecule has 8 heteroatoms. The van der Waals surface area contributed by atoms with Gasteiger partial charge in [-0.05, 0) is 56.8 Å². The number of aryl methyl sites for hydroxylation is 1. The van der Waals surface area contributed by atoms with Gasteiger partial charge in [0.2, 0.25) is 5.43 Å². The summed E-state index contributed by atoms with van der Waals surface area (Å²) in [5.74, 6) is -1.25. The number of hydrogen-bond acceptors (Lipinski definition) is 4. The number of carboxylic acid groups (broad SMARTS) is 1. The van der Waals surface area contributed by atoms with Gasteiger partial charge in [0.15, 0.2) is 0 Å². The van der Waals surface area contributed by atoms with Crippen LogP contribution in [0.3, 0.4) is 0 Å². The van der Waals surface area contributed by atoms with Gasteiger partial charge in [0.25, 0.3) is 0 Å². The molecule has 6 nitrogen and oxygen atoms in total. The molecule has 1 aliphatic carbocycles. The van der Waals surface area contributed by atoms with Crippen molar-refractivity contribution in [3.63, 3.8) is 0 Å². The number of halogens is 2. The normalized spacial score (nSPS) is 18.9. The van der Waals surface area contributed by atoms with Crippen molar-refractivity contribution in [3.8, 4) is 0 Å². The SMILES string of the molecule is CCNCC1CCN(c2c(F)cc3c(=O)c(C(=O)O)cn(C4CC4)c3c2C)C1.Cl. The maximum absolute atomic E-state index is 15.1. The first kappa shape index (κ1) is 21.6. The third-order valence-electron chi connectivity index (χ3n) is 5.93. The van der Waals surface area contributed by atoms with Crippen LogP contribution >= 0.6 is 12.4 Å². The summed E-state index contributed by atoms with van der Waals surface area (Å²) in [5.41, 5.74) is 1.03. The third-order valence-corrected chi connectivity index (χ3v) is 5.93. The Morgan fingerprint density at radius 2 is 2.07 bits per heavy atom. The summed E-state index contributed by atoms with van der Waals surface area (Å²) in [7, 11) is 0. The van der Waals surface area contributed by atoms with Crippen LogP contribution in [0.15, 0.2) is 17.1 Å². The minimum absolute atomic E-state index is 0. The van der Waals surface area contributed by atoms with Gasteiger partial charge in [-0.3, -0.25) is 4.79 Å². The summed E-state index contributed by atoms with van der Waals surface area (Å²) in [4.78, 5) is 26.3. The summed E-state index contributed by atoms with van der Waals surface area (Å²) in [6.45, 7) is 7.30. The maximum Gasteiger partial charge on any atom is 0.341 e. The van der Waals surface area contributed by atoms with Crippen molar-refractivity contribution < 1.29 is 14.3 Å². The lowest BCUT2D eigenvalue weighted by Gasteiger charge is -2.24. The van der Waals surface area contributed by atoms with Gasteiger partial charge in [-0.1, -0.05) is 6.92 Å². The number of pyridine rings is 1. The second kappa shape index (κ2) is 8.32. The number of carbonyl (C=O) groups is 1. The van der Waals surface area contributed by atoms with E-state index in [-0.39, 0.29) is 29.4 Å². The van der Waals surface area contributed by atoms with Crippen LogP contribution in [0.4, 0.5) is 10.1 Å². The molecular formula is C21H27ClFN3O3. The number of carboxylic acids is 1. The standard InChI is InChI=1S/C21H26FN3O3.ClH/c1-3-23-9-13-6-7-24(10-13)19-12(2)18-15(8-17(19)22)20(26)16(21(27)28)11-25(18)14-4-5-14;/h8,11,13-14,23H,3-7,9-10H2,1-2H3,(H,27,28);1H. The molecule has 0 amide bonds. The average molecular weight is 424 g/mol. The molecule has 0 bridgehead atoms. The molecule has 1 aromatic heterocycles. The summed E-state index contributed by atoms with van der Waals surface area (Å²) >= 11 is 0. The fraction of sp³-hybridized carbons (Fsp3) is 0.524. The molecule has 29 heavy (non-hydrogen) atoms. The lowest BCUT2D eigenvalue weighted by atomic mass is 10.0. The van der Waals surface area contributed by atoms with Gasteiger partial charge < -0.3 is 19.9 Å². The highest BCUT2D eigenvalue weighted by Crippen LogP contribution is 2.40. The first-order chi connectivity index (χ1) is 13.4. The maximum atomic E-state index is 15.1. The molecule has 1 aromatic carbocycles. The molecule has 0 spiro atoms. The zero-order valence-corrected chi connectivity index (χ0v) is 17.5. The minimum atomic E-state index is -1.27. The van der Waals surface area contributed by atoms with Gasteiger partial charge in [-0.25, -0.2) is 9.18 Å². The number of anilines is 1. The molecule has 158 valence electrons. The zero-order chi connectivity index (χ0) is 20.0. The Balaban J connectivity index is 0.00000240. The van der Waals surface area contributed by atoms with Crippen LogP contribution in [0.25, 0.3) is 10.9 Å². The van der Waals surface area contributed by atoms with Gasteiger partial charge in [0.1, 0.15) is 11.4 Å². The Morgan fingerprint density at radius 3 is 2.69 bits per heavy atom. The van der Waals surface area contributed by atoms with Crippen LogP contribution < -0.4 is 15.6 Å². The molecule has 2 aromatic rings. The topological polar surface area (TPSA) is 74.6 Å². The second-order valence-corrected chi connectivity index (χ2v) is 7.95. The van der Waals surface area contributed by atoms with Crippen molar-refractivity contribution in [1.29, 1.82) is 0 Å². The highest BCUT2D eigenvalue weighted by molar-refractivity contribution is 5.95. The van der Waals surface area contributed by atoms with Crippen molar-refractivity contribution in [2.45, 2.75) is 39.2 Å². The first-order valence-electron chi connectivity index (χ1n) is 9.99. The Bertz CT molecular complexity index is 1000. The van der Waals surface area contributed by atoms with Crippen molar-refractivity contribution in [3.05, 3.63) is 39.4 Å². The fourth-order valence-corrected chi connectivity index (χ4v) is 4.40. The lowest BCUT2D eigenvalue weighted by molar-refractivity contribution is 0.0695. The van der Waals surface area contributed by atoms with Crippen molar-refractivity contribution in [2.75, 3.05) is 31.1 Å². The first-order valence-corrected chi connectivity index (χ1v) is 9.99. The number of rotatable bonds is 6. The molecule has 2 fully saturated rings. The molecule has 0 radical (unpaired) electrons. The number of hydrogen-bond donors (Lipinski definition) is 2. The zero-order valence-electron chi connectivity index (χ0n) is 16.7. The Labute approximate surface area is 175 Å². The number of nitrogens with one attached hydrogen (secondary N) is 1. The van der Waals surface area contributed by atoms with E-state index in [1.807, 2.05) is 11.5 Å².